The average Bonchev–Trinajstić information content (AvgIpc) is 2.15. The van der Waals surface area contributed by atoms with Crippen LogP contribution in [0.4, 0.5) is 0 Å². The lowest BCUT2D eigenvalue weighted by molar-refractivity contribution is 0.409. The molecular formula is C11H15NOS. The summed E-state index contributed by atoms with van der Waals surface area (Å²) >= 11 is 4.84. The first-order chi connectivity index (χ1) is 6.63. The molecule has 0 spiro atoms. The van der Waals surface area contributed by atoms with Gasteiger partial charge in [-0.1, -0.05) is 29.9 Å². The Labute approximate surface area is 90.1 Å². The van der Waals surface area contributed by atoms with Crippen LogP contribution in [0.15, 0.2) is 18.2 Å². The summed E-state index contributed by atoms with van der Waals surface area (Å²) in [6.07, 6.45) is 1.58. The van der Waals surface area contributed by atoms with Crippen LogP contribution >= 0.6 is 12.2 Å². The van der Waals surface area contributed by atoms with Gasteiger partial charge < -0.3 is 10.5 Å². The number of methoxy groups -OCH3 is 1. The van der Waals surface area contributed by atoms with E-state index in [0.29, 0.717) is 4.99 Å². The molecule has 0 bridgehead atoms. The molecule has 14 heavy (non-hydrogen) atoms. The molecule has 0 saturated carbocycles. The van der Waals surface area contributed by atoms with E-state index in [1.807, 2.05) is 12.1 Å². The van der Waals surface area contributed by atoms with E-state index in [1.165, 1.54) is 11.1 Å². The van der Waals surface area contributed by atoms with Gasteiger partial charge in [-0.25, -0.2) is 0 Å². The third-order valence-corrected chi connectivity index (χ3v) is 2.28. The molecule has 0 aliphatic rings. The third-order valence-electron chi connectivity index (χ3n) is 2.08. The Bertz CT molecular complexity index is 336. The van der Waals surface area contributed by atoms with Crippen molar-refractivity contribution in [3.8, 4) is 5.75 Å². The highest BCUT2D eigenvalue weighted by molar-refractivity contribution is 7.80. The minimum Gasteiger partial charge on any atom is -0.496 e. The SMILES string of the molecule is COc1ccc(C)cc1CCC(N)=S. The molecule has 2 N–H and O–H groups in total. The van der Waals surface area contributed by atoms with Crippen LogP contribution < -0.4 is 10.5 Å². The molecule has 1 aromatic carbocycles. The molecule has 76 valence electrons. The minimum absolute atomic E-state index is 0.550. The highest BCUT2D eigenvalue weighted by atomic mass is 32.1. The molecule has 0 aliphatic carbocycles. The van der Waals surface area contributed by atoms with E-state index in [9.17, 15) is 0 Å². The number of ether oxygens (including phenoxy) is 1. The van der Waals surface area contributed by atoms with Crippen molar-refractivity contribution in [1.82, 2.24) is 0 Å². The highest BCUT2D eigenvalue weighted by Crippen LogP contribution is 2.20. The van der Waals surface area contributed by atoms with E-state index >= 15 is 0 Å². The maximum atomic E-state index is 5.46. The Morgan fingerprint density at radius 3 is 2.79 bits per heavy atom. The summed E-state index contributed by atoms with van der Waals surface area (Å²) in [5.74, 6) is 0.909. The van der Waals surface area contributed by atoms with Crippen molar-refractivity contribution in [3.63, 3.8) is 0 Å². The van der Waals surface area contributed by atoms with Gasteiger partial charge in [0.1, 0.15) is 5.75 Å². The Balaban J connectivity index is 2.82. The summed E-state index contributed by atoms with van der Waals surface area (Å²) < 4.78 is 5.25. The predicted molar refractivity (Wildman–Crippen MR) is 62.8 cm³/mol. The number of hydrogen-bond acceptors (Lipinski definition) is 2. The van der Waals surface area contributed by atoms with E-state index in [2.05, 4.69) is 13.0 Å². The number of thiocarbonyl (C=S) groups is 1. The number of nitrogens with two attached hydrogens (primary N) is 1. The van der Waals surface area contributed by atoms with Crippen LogP contribution in [-0.4, -0.2) is 12.1 Å². The van der Waals surface area contributed by atoms with Crippen molar-refractivity contribution in [3.05, 3.63) is 29.3 Å². The number of benzene rings is 1. The molecule has 3 heteroatoms. The Kier molecular flexibility index (Phi) is 3.89. The van der Waals surface area contributed by atoms with Crippen molar-refractivity contribution in [2.24, 2.45) is 5.73 Å². The van der Waals surface area contributed by atoms with Crippen LogP contribution in [0.2, 0.25) is 0 Å². The van der Waals surface area contributed by atoms with Crippen molar-refractivity contribution in [2.75, 3.05) is 7.11 Å². The molecule has 0 atom stereocenters. The van der Waals surface area contributed by atoms with E-state index < -0.39 is 0 Å². The first-order valence-corrected chi connectivity index (χ1v) is 4.96. The van der Waals surface area contributed by atoms with Gasteiger partial charge in [-0.3, -0.25) is 0 Å². The van der Waals surface area contributed by atoms with Crippen molar-refractivity contribution >= 4 is 17.2 Å². The van der Waals surface area contributed by atoms with Crippen LogP contribution in [0, 0.1) is 6.92 Å². The van der Waals surface area contributed by atoms with E-state index in [-0.39, 0.29) is 0 Å². The smallest absolute Gasteiger partial charge is 0.122 e. The van der Waals surface area contributed by atoms with Crippen LogP contribution in [0.3, 0.4) is 0 Å². The maximum Gasteiger partial charge on any atom is 0.122 e. The van der Waals surface area contributed by atoms with Crippen molar-refractivity contribution in [1.29, 1.82) is 0 Å². The molecule has 0 unspecified atom stereocenters. The Hall–Kier alpha value is -1.09. The molecule has 0 aliphatic heterocycles. The Morgan fingerprint density at radius 1 is 1.50 bits per heavy atom. The second kappa shape index (κ2) is 4.96. The summed E-state index contributed by atoms with van der Waals surface area (Å²) in [5, 5.41) is 0. The lowest BCUT2D eigenvalue weighted by atomic mass is 10.1. The second-order valence-electron chi connectivity index (χ2n) is 3.28. The summed E-state index contributed by atoms with van der Waals surface area (Å²) in [6.45, 7) is 2.06. The van der Waals surface area contributed by atoms with Gasteiger partial charge in [-0.05, 0) is 25.0 Å². The van der Waals surface area contributed by atoms with Gasteiger partial charge in [0.2, 0.25) is 0 Å². The van der Waals surface area contributed by atoms with Gasteiger partial charge in [0, 0.05) is 6.42 Å². The molecule has 1 rings (SSSR count). The van der Waals surface area contributed by atoms with Gasteiger partial charge in [0.25, 0.3) is 0 Å². The van der Waals surface area contributed by atoms with Crippen LogP contribution in [0.5, 0.6) is 5.75 Å². The third kappa shape index (κ3) is 3.00. The zero-order valence-corrected chi connectivity index (χ0v) is 9.36. The first kappa shape index (κ1) is 11.0. The molecule has 2 nitrogen and oxygen atoms in total. The lowest BCUT2D eigenvalue weighted by Gasteiger charge is -2.08. The maximum absolute atomic E-state index is 5.46. The monoisotopic (exact) mass is 209 g/mol. The van der Waals surface area contributed by atoms with Crippen LogP contribution in [0.25, 0.3) is 0 Å². The van der Waals surface area contributed by atoms with Gasteiger partial charge in [-0.15, -0.1) is 0 Å². The molecule has 0 fully saturated rings. The van der Waals surface area contributed by atoms with Crippen LogP contribution in [-0.2, 0) is 6.42 Å². The van der Waals surface area contributed by atoms with E-state index in [1.54, 1.807) is 7.11 Å². The van der Waals surface area contributed by atoms with Crippen molar-refractivity contribution < 1.29 is 4.74 Å². The fourth-order valence-electron chi connectivity index (χ4n) is 1.36. The first-order valence-electron chi connectivity index (χ1n) is 4.55. The van der Waals surface area contributed by atoms with Crippen LogP contribution in [0.1, 0.15) is 17.5 Å². The fourth-order valence-corrected chi connectivity index (χ4v) is 1.46. The van der Waals surface area contributed by atoms with E-state index in [0.717, 1.165) is 18.6 Å². The molecule has 0 heterocycles. The Morgan fingerprint density at radius 2 is 2.21 bits per heavy atom. The normalized spacial score (nSPS) is 9.86. The largest absolute Gasteiger partial charge is 0.496 e. The molecular weight excluding hydrogens is 194 g/mol. The quantitative estimate of drug-likeness (QED) is 0.772. The standard InChI is InChI=1S/C11H15NOS/c1-8-3-5-10(13-2)9(7-8)4-6-11(12)14/h3,5,7H,4,6H2,1-2H3,(H2,12,14). The minimum atomic E-state index is 0.550. The van der Waals surface area contributed by atoms with Gasteiger partial charge in [0.05, 0.1) is 12.1 Å². The zero-order chi connectivity index (χ0) is 10.6. The fraction of sp³-hybridized carbons (Fsp3) is 0.364. The molecule has 1 aromatic rings. The molecule has 0 saturated heterocycles. The number of hydrogen-bond donors (Lipinski definition) is 1. The number of rotatable bonds is 4. The van der Waals surface area contributed by atoms with Gasteiger partial charge in [0.15, 0.2) is 0 Å². The molecule has 0 aromatic heterocycles. The predicted octanol–water partition coefficient (Wildman–Crippen LogP) is 2.22. The lowest BCUT2D eigenvalue weighted by Crippen LogP contribution is -2.09. The number of aryl methyl sites for hydroxylation is 2. The zero-order valence-electron chi connectivity index (χ0n) is 8.54. The molecule has 0 radical (unpaired) electrons. The van der Waals surface area contributed by atoms with E-state index in [4.69, 9.17) is 22.7 Å². The summed E-state index contributed by atoms with van der Waals surface area (Å²) in [7, 11) is 1.68. The summed E-state index contributed by atoms with van der Waals surface area (Å²) in [4.78, 5) is 0.550. The van der Waals surface area contributed by atoms with Gasteiger partial charge in [-0.2, -0.15) is 0 Å². The highest BCUT2D eigenvalue weighted by Gasteiger charge is 2.03. The second-order valence-corrected chi connectivity index (χ2v) is 3.81. The van der Waals surface area contributed by atoms with Gasteiger partial charge >= 0.3 is 0 Å². The summed E-state index contributed by atoms with van der Waals surface area (Å²) in [6, 6.07) is 6.12. The summed E-state index contributed by atoms with van der Waals surface area (Å²) in [5.41, 5.74) is 7.85. The topological polar surface area (TPSA) is 35.2 Å². The average molecular weight is 209 g/mol. The molecule has 0 amide bonds. The van der Waals surface area contributed by atoms with Crippen molar-refractivity contribution in [2.45, 2.75) is 19.8 Å².